The van der Waals surface area contributed by atoms with Crippen molar-refractivity contribution in [3.63, 3.8) is 0 Å². The quantitative estimate of drug-likeness (QED) is 0.911. The number of aryl methyl sites for hydroxylation is 1. The summed E-state index contributed by atoms with van der Waals surface area (Å²) in [5.74, 6) is -0.0672. The monoisotopic (exact) mass is 311 g/mol. The molecule has 1 aromatic carbocycles. The van der Waals surface area contributed by atoms with Crippen LogP contribution in [0.1, 0.15) is 19.0 Å². The molecule has 1 amide bonds. The van der Waals surface area contributed by atoms with E-state index >= 15 is 0 Å². The number of hydrogen-bond donors (Lipinski definition) is 2. The van der Waals surface area contributed by atoms with Crippen molar-refractivity contribution in [1.82, 2.24) is 4.98 Å². The van der Waals surface area contributed by atoms with Crippen molar-refractivity contribution in [1.29, 1.82) is 0 Å². The molecule has 1 atom stereocenters. The molecular weight excluding hydrogens is 294 g/mol. The molecule has 0 radical (unpaired) electrons. The van der Waals surface area contributed by atoms with Crippen LogP contribution in [-0.4, -0.2) is 16.9 Å². The number of rotatable bonds is 4. The molecule has 0 saturated heterocycles. The van der Waals surface area contributed by atoms with Crippen LogP contribution in [0.4, 0.5) is 5.69 Å². The lowest BCUT2D eigenvalue weighted by molar-refractivity contribution is -0.116. The Bertz CT molecular complexity index is 583. The molecule has 0 saturated carbocycles. The van der Waals surface area contributed by atoms with Crippen LogP contribution in [0, 0.1) is 6.92 Å². The Labute approximate surface area is 128 Å². The number of nitrogens with one attached hydrogen (secondary N) is 1. The Balaban J connectivity index is 0.00000200. The zero-order chi connectivity index (χ0) is 13.8. The number of nitrogens with two attached hydrogens (primary N) is 1. The molecule has 20 heavy (non-hydrogen) atoms. The number of halogens is 1. The number of anilines is 1. The maximum absolute atomic E-state index is 11.7. The van der Waals surface area contributed by atoms with E-state index < -0.39 is 0 Å². The van der Waals surface area contributed by atoms with Gasteiger partial charge in [0.05, 0.1) is 0 Å². The second kappa shape index (κ2) is 7.38. The summed E-state index contributed by atoms with van der Waals surface area (Å²) in [5, 5.41) is 5.82. The standard InChI is InChI=1S/C14H17N3OS.ClH/c1-9(15)6-13(18)17-12-5-3-4-11(7-12)14-16-10(2)8-19-14;/h3-5,7-9H,6,15H2,1-2H3,(H,17,18);1H. The highest BCUT2D eigenvalue weighted by atomic mass is 35.5. The fourth-order valence-corrected chi connectivity index (χ4v) is 2.52. The molecule has 0 fully saturated rings. The van der Waals surface area contributed by atoms with Crippen molar-refractivity contribution in [3.8, 4) is 10.6 Å². The number of carbonyl (C=O) groups is 1. The van der Waals surface area contributed by atoms with Crippen LogP contribution in [0.2, 0.25) is 0 Å². The van der Waals surface area contributed by atoms with E-state index in [-0.39, 0.29) is 24.4 Å². The highest BCUT2D eigenvalue weighted by Crippen LogP contribution is 2.25. The summed E-state index contributed by atoms with van der Waals surface area (Å²) in [6.07, 6.45) is 0.320. The number of carbonyl (C=O) groups excluding carboxylic acids is 1. The third-order valence-corrected chi connectivity index (χ3v) is 3.53. The molecule has 0 spiro atoms. The summed E-state index contributed by atoms with van der Waals surface area (Å²) in [4.78, 5) is 16.1. The van der Waals surface area contributed by atoms with Crippen LogP contribution in [-0.2, 0) is 4.79 Å². The van der Waals surface area contributed by atoms with Gasteiger partial charge in [-0.15, -0.1) is 23.7 Å². The van der Waals surface area contributed by atoms with Crippen LogP contribution in [0.15, 0.2) is 29.6 Å². The molecule has 1 unspecified atom stereocenters. The van der Waals surface area contributed by atoms with E-state index in [1.165, 1.54) is 0 Å². The number of benzene rings is 1. The molecule has 0 aliphatic rings. The first kappa shape index (κ1) is 16.6. The first-order chi connectivity index (χ1) is 9.04. The second-order valence-corrected chi connectivity index (χ2v) is 5.46. The number of thiazole rings is 1. The molecule has 2 rings (SSSR count). The van der Waals surface area contributed by atoms with Crippen LogP contribution in [0.5, 0.6) is 0 Å². The van der Waals surface area contributed by atoms with E-state index in [0.717, 1.165) is 22.0 Å². The van der Waals surface area contributed by atoms with Crippen LogP contribution >= 0.6 is 23.7 Å². The highest BCUT2D eigenvalue weighted by Gasteiger charge is 2.07. The van der Waals surface area contributed by atoms with Crippen molar-refractivity contribution in [2.75, 3.05) is 5.32 Å². The van der Waals surface area contributed by atoms with Gasteiger partial charge in [-0.1, -0.05) is 12.1 Å². The van der Waals surface area contributed by atoms with Gasteiger partial charge in [-0.3, -0.25) is 4.79 Å². The maximum atomic E-state index is 11.7. The fourth-order valence-electron chi connectivity index (χ4n) is 1.72. The molecule has 3 N–H and O–H groups in total. The van der Waals surface area contributed by atoms with Gasteiger partial charge in [-0.2, -0.15) is 0 Å². The third-order valence-electron chi connectivity index (χ3n) is 2.52. The predicted molar refractivity (Wildman–Crippen MR) is 86.4 cm³/mol. The number of amides is 1. The van der Waals surface area contributed by atoms with E-state index in [9.17, 15) is 4.79 Å². The van der Waals surface area contributed by atoms with E-state index in [0.29, 0.717) is 6.42 Å². The Morgan fingerprint density at radius 1 is 1.50 bits per heavy atom. The molecule has 4 nitrogen and oxygen atoms in total. The Hall–Kier alpha value is -1.43. The van der Waals surface area contributed by atoms with Gasteiger partial charge in [0.2, 0.25) is 5.91 Å². The molecular formula is C14H18ClN3OS. The van der Waals surface area contributed by atoms with E-state index in [4.69, 9.17) is 5.73 Å². The summed E-state index contributed by atoms with van der Waals surface area (Å²) >= 11 is 1.60. The lowest BCUT2D eigenvalue weighted by atomic mass is 10.2. The first-order valence-electron chi connectivity index (χ1n) is 6.12. The molecule has 0 bridgehead atoms. The minimum Gasteiger partial charge on any atom is -0.327 e. The summed E-state index contributed by atoms with van der Waals surface area (Å²) in [7, 11) is 0. The highest BCUT2D eigenvalue weighted by molar-refractivity contribution is 7.13. The zero-order valence-corrected chi connectivity index (χ0v) is 13.1. The average Bonchev–Trinajstić information content (AvgIpc) is 2.75. The average molecular weight is 312 g/mol. The summed E-state index contributed by atoms with van der Waals surface area (Å²) < 4.78 is 0. The minimum absolute atomic E-state index is 0. The number of aromatic nitrogens is 1. The van der Waals surface area contributed by atoms with E-state index in [1.807, 2.05) is 43.5 Å². The lowest BCUT2D eigenvalue weighted by Crippen LogP contribution is -2.23. The number of nitrogens with zero attached hydrogens (tertiary/aromatic N) is 1. The fraction of sp³-hybridized carbons (Fsp3) is 0.286. The summed E-state index contributed by atoms with van der Waals surface area (Å²) in [5.41, 5.74) is 8.39. The van der Waals surface area contributed by atoms with Crippen molar-refractivity contribution < 1.29 is 4.79 Å². The van der Waals surface area contributed by atoms with Crippen molar-refractivity contribution >= 4 is 35.3 Å². The molecule has 1 heterocycles. The molecule has 108 valence electrons. The topological polar surface area (TPSA) is 68.0 Å². The van der Waals surface area contributed by atoms with Gasteiger partial charge >= 0.3 is 0 Å². The van der Waals surface area contributed by atoms with Crippen LogP contribution in [0.25, 0.3) is 10.6 Å². The Kier molecular flexibility index (Phi) is 6.13. The Morgan fingerprint density at radius 3 is 2.85 bits per heavy atom. The van der Waals surface area contributed by atoms with Gasteiger partial charge in [0.25, 0.3) is 0 Å². The smallest absolute Gasteiger partial charge is 0.225 e. The third kappa shape index (κ3) is 4.59. The molecule has 1 aromatic heterocycles. The van der Waals surface area contributed by atoms with Gasteiger partial charge in [0.15, 0.2) is 0 Å². The van der Waals surface area contributed by atoms with Gasteiger partial charge in [0, 0.05) is 34.8 Å². The summed E-state index contributed by atoms with van der Waals surface area (Å²) in [6.45, 7) is 3.78. The predicted octanol–water partition coefficient (Wildman–Crippen LogP) is 3.22. The SMILES string of the molecule is Cc1csc(-c2cccc(NC(=O)CC(C)N)c2)n1.Cl. The second-order valence-electron chi connectivity index (χ2n) is 4.60. The van der Waals surface area contributed by atoms with Crippen molar-refractivity contribution in [2.24, 2.45) is 5.73 Å². The van der Waals surface area contributed by atoms with E-state index in [1.54, 1.807) is 11.3 Å². The van der Waals surface area contributed by atoms with E-state index in [2.05, 4.69) is 10.3 Å². The zero-order valence-electron chi connectivity index (χ0n) is 11.4. The van der Waals surface area contributed by atoms with Gasteiger partial charge in [0.1, 0.15) is 5.01 Å². The maximum Gasteiger partial charge on any atom is 0.225 e. The summed E-state index contributed by atoms with van der Waals surface area (Å²) in [6, 6.07) is 7.55. The first-order valence-corrected chi connectivity index (χ1v) is 7.00. The van der Waals surface area contributed by atoms with Gasteiger partial charge in [-0.25, -0.2) is 4.98 Å². The van der Waals surface area contributed by atoms with Gasteiger partial charge in [-0.05, 0) is 26.0 Å². The van der Waals surface area contributed by atoms with Crippen molar-refractivity contribution in [3.05, 3.63) is 35.3 Å². The largest absolute Gasteiger partial charge is 0.327 e. The molecule has 6 heteroatoms. The van der Waals surface area contributed by atoms with Crippen LogP contribution < -0.4 is 11.1 Å². The van der Waals surface area contributed by atoms with Crippen LogP contribution in [0.3, 0.4) is 0 Å². The van der Waals surface area contributed by atoms with Gasteiger partial charge < -0.3 is 11.1 Å². The Morgan fingerprint density at radius 2 is 2.25 bits per heavy atom. The normalized spacial score (nSPS) is 11.6. The molecule has 0 aliphatic heterocycles. The minimum atomic E-state index is -0.134. The lowest BCUT2D eigenvalue weighted by Gasteiger charge is -2.08. The molecule has 0 aliphatic carbocycles. The number of hydrogen-bond acceptors (Lipinski definition) is 4. The van der Waals surface area contributed by atoms with Crippen molar-refractivity contribution in [2.45, 2.75) is 26.3 Å². The molecule has 2 aromatic rings.